The summed E-state index contributed by atoms with van der Waals surface area (Å²) in [5.41, 5.74) is 5.17. The molecule has 1 atom stereocenters. The van der Waals surface area contributed by atoms with Crippen molar-refractivity contribution in [1.82, 2.24) is 15.0 Å². The van der Waals surface area contributed by atoms with Crippen molar-refractivity contribution in [2.24, 2.45) is 5.84 Å². The first kappa shape index (κ1) is 12.3. The second-order valence-electron chi connectivity index (χ2n) is 4.47. The summed E-state index contributed by atoms with van der Waals surface area (Å²) in [6.07, 6.45) is 5.84. The summed E-state index contributed by atoms with van der Waals surface area (Å²) in [4.78, 5) is 1.39. The summed E-state index contributed by atoms with van der Waals surface area (Å²) in [6, 6.07) is 10.4. The van der Waals surface area contributed by atoms with Gasteiger partial charge in [0, 0.05) is 16.6 Å². The van der Waals surface area contributed by atoms with Crippen LogP contribution >= 0.6 is 11.3 Å². The molecule has 4 nitrogen and oxygen atoms in total. The average molecular weight is 272 g/mol. The number of pyridine rings is 1. The second-order valence-corrected chi connectivity index (χ2v) is 5.50. The molecule has 0 saturated heterocycles. The molecule has 3 aromatic heterocycles. The van der Waals surface area contributed by atoms with Gasteiger partial charge in [-0.3, -0.25) is 11.3 Å². The molecule has 3 heterocycles. The Kier molecular flexibility index (Phi) is 3.59. The summed E-state index contributed by atoms with van der Waals surface area (Å²) < 4.78 is 1.88. The highest BCUT2D eigenvalue weighted by Gasteiger charge is 2.15. The van der Waals surface area contributed by atoms with Gasteiger partial charge < -0.3 is 0 Å². The van der Waals surface area contributed by atoms with E-state index >= 15 is 0 Å². The number of hydrogen-bond donors (Lipinski definition) is 2. The lowest BCUT2D eigenvalue weighted by Crippen LogP contribution is -2.28. The largest absolute Gasteiger partial charge is 0.271 e. The first-order valence-electron chi connectivity index (χ1n) is 6.29. The van der Waals surface area contributed by atoms with Crippen LogP contribution in [0.5, 0.6) is 0 Å². The van der Waals surface area contributed by atoms with Crippen LogP contribution in [0.4, 0.5) is 0 Å². The van der Waals surface area contributed by atoms with Crippen LogP contribution in [-0.2, 0) is 6.42 Å². The molecule has 3 aromatic rings. The first-order valence-corrected chi connectivity index (χ1v) is 7.17. The van der Waals surface area contributed by atoms with E-state index in [1.54, 1.807) is 11.3 Å². The topological polar surface area (TPSA) is 55.3 Å². The van der Waals surface area contributed by atoms with Gasteiger partial charge in [0.05, 0.1) is 17.8 Å². The molecule has 3 N–H and O–H groups in total. The molecular weight excluding hydrogens is 256 g/mol. The molecule has 98 valence electrons. The zero-order chi connectivity index (χ0) is 13.1. The number of fused-ring (bicyclic) bond motifs is 1. The van der Waals surface area contributed by atoms with Gasteiger partial charge in [-0.2, -0.15) is 5.10 Å². The molecule has 0 amide bonds. The third-order valence-corrected chi connectivity index (χ3v) is 4.23. The summed E-state index contributed by atoms with van der Waals surface area (Å²) >= 11 is 1.79. The van der Waals surface area contributed by atoms with E-state index < -0.39 is 0 Å². The highest BCUT2D eigenvalue weighted by atomic mass is 32.1. The van der Waals surface area contributed by atoms with Gasteiger partial charge in [0.15, 0.2) is 0 Å². The standard InChI is InChI=1S/C14H16N4S/c15-17-13(7-6-11-4-3-9-19-11)12-10-16-18-8-2-1-5-14(12)18/h1-5,8-10,13,17H,6-7,15H2. The van der Waals surface area contributed by atoms with Crippen molar-refractivity contribution in [2.45, 2.75) is 18.9 Å². The van der Waals surface area contributed by atoms with Crippen molar-refractivity contribution < 1.29 is 0 Å². The number of aryl methyl sites for hydroxylation is 1. The number of nitrogens with zero attached hydrogens (tertiary/aromatic N) is 2. The van der Waals surface area contributed by atoms with E-state index in [1.807, 2.05) is 29.0 Å². The molecule has 0 radical (unpaired) electrons. The van der Waals surface area contributed by atoms with Crippen LogP contribution in [0, 0.1) is 0 Å². The maximum absolute atomic E-state index is 5.71. The van der Waals surface area contributed by atoms with Crippen molar-refractivity contribution in [1.29, 1.82) is 0 Å². The molecule has 1 unspecified atom stereocenters. The highest BCUT2D eigenvalue weighted by molar-refractivity contribution is 7.09. The van der Waals surface area contributed by atoms with Crippen LogP contribution in [-0.4, -0.2) is 9.61 Å². The van der Waals surface area contributed by atoms with Crippen LogP contribution in [0.1, 0.15) is 22.9 Å². The molecule has 5 heteroatoms. The van der Waals surface area contributed by atoms with Gasteiger partial charge in [-0.25, -0.2) is 4.52 Å². The Hall–Kier alpha value is -1.69. The molecule has 0 aliphatic rings. The van der Waals surface area contributed by atoms with E-state index in [0.29, 0.717) is 0 Å². The van der Waals surface area contributed by atoms with Crippen LogP contribution in [0.3, 0.4) is 0 Å². The van der Waals surface area contributed by atoms with Crippen molar-refractivity contribution in [2.75, 3.05) is 0 Å². The molecular formula is C14H16N4S. The Labute approximate surface area is 115 Å². The molecule has 0 saturated carbocycles. The number of nitrogens with one attached hydrogen (secondary N) is 1. The summed E-state index contributed by atoms with van der Waals surface area (Å²) in [6.45, 7) is 0. The van der Waals surface area contributed by atoms with E-state index in [1.165, 1.54) is 4.88 Å². The minimum absolute atomic E-state index is 0.127. The summed E-state index contributed by atoms with van der Waals surface area (Å²) in [7, 11) is 0. The van der Waals surface area contributed by atoms with Gasteiger partial charge in [-0.1, -0.05) is 12.1 Å². The minimum atomic E-state index is 0.127. The fourth-order valence-electron chi connectivity index (χ4n) is 2.29. The van der Waals surface area contributed by atoms with E-state index in [2.05, 4.69) is 34.1 Å². The van der Waals surface area contributed by atoms with Crippen molar-refractivity contribution in [3.63, 3.8) is 0 Å². The quantitative estimate of drug-likeness (QED) is 0.554. The lowest BCUT2D eigenvalue weighted by molar-refractivity contribution is 0.521. The Bertz CT molecular complexity index is 644. The van der Waals surface area contributed by atoms with Crippen LogP contribution in [0.2, 0.25) is 0 Å². The minimum Gasteiger partial charge on any atom is -0.271 e. The van der Waals surface area contributed by atoms with Gasteiger partial charge in [0.2, 0.25) is 0 Å². The molecule has 3 rings (SSSR count). The average Bonchev–Trinajstić information content (AvgIpc) is 3.09. The third-order valence-electron chi connectivity index (χ3n) is 3.29. The second kappa shape index (κ2) is 5.52. The SMILES string of the molecule is NNC(CCc1cccs1)c1cnn2ccccc12. The zero-order valence-electron chi connectivity index (χ0n) is 10.5. The molecule has 0 fully saturated rings. The van der Waals surface area contributed by atoms with Crippen LogP contribution in [0.15, 0.2) is 48.1 Å². The highest BCUT2D eigenvalue weighted by Crippen LogP contribution is 2.23. The first-order chi connectivity index (χ1) is 9.38. The van der Waals surface area contributed by atoms with Gasteiger partial charge in [0.1, 0.15) is 0 Å². The van der Waals surface area contributed by atoms with Crippen LogP contribution in [0.25, 0.3) is 5.52 Å². The third kappa shape index (κ3) is 2.53. The predicted octanol–water partition coefficient (Wildman–Crippen LogP) is 2.53. The molecule has 0 aromatic carbocycles. The monoisotopic (exact) mass is 272 g/mol. The maximum atomic E-state index is 5.71. The van der Waals surface area contributed by atoms with Gasteiger partial charge >= 0.3 is 0 Å². The molecule has 0 bridgehead atoms. The lowest BCUT2D eigenvalue weighted by atomic mass is 10.0. The fraction of sp³-hybridized carbons (Fsp3) is 0.214. The van der Waals surface area contributed by atoms with Crippen LogP contribution < -0.4 is 11.3 Å². The smallest absolute Gasteiger partial charge is 0.0709 e. The van der Waals surface area contributed by atoms with Gasteiger partial charge in [-0.05, 0) is 36.4 Å². The van der Waals surface area contributed by atoms with Gasteiger partial charge in [0.25, 0.3) is 0 Å². The molecule has 19 heavy (non-hydrogen) atoms. The number of nitrogens with two attached hydrogens (primary N) is 1. The maximum Gasteiger partial charge on any atom is 0.0709 e. The van der Waals surface area contributed by atoms with E-state index in [9.17, 15) is 0 Å². The van der Waals surface area contributed by atoms with E-state index in [4.69, 9.17) is 5.84 Å². The molecule has 0 aliphatic heterocycles. The summed E-state index contributed by atoms with van der Waals surface area (Å²) in [5, 5.41) is 6.46. The normalized spacial score (nSPS) is 12.9. The van der Waals surface area contributed by atoms with Crippen molar-refractivity contribution >= 4 is 16.9 Å². The molecule has 0 aliphatic carbocycles. The summed E-state index contributed by atoms with van der Waals surface area (Å²) in [5.74, 6) is 5.71. The number of rotatable bonds is 5. The Morgan fingerprint density at radius 1 is 1.32 bits per heavy atom. The van der Waals surface area contributed by atoms with Crippen molar-refractivity contribution in [3.05, 3.63) is 58.5 Å². The number of thiophene rings is 1. The number of aromatic nitrogens is 2. The molecule has 0 spiro atoms. The Morgan fingerprint density at radius 3 is 3.05 bits per heavy atom. The Balaban J connectivity index is 1.81. The van der Waals surface area contributed by atoms with E-state index in [0.717, 1.165) is 23.9 Å². The van der Waals surface area contributed by atoms with E-state index in [-0.39, 0.29) is 6.04 Å². The predicted molar refractivity (Wildman–Crippen MR) is 77.9 cm³/mol. The number of hydrazine groups is 1. The van der Waals surface area contributed by atoms with Gasteiger partial charge in [-0.15, -0.1) is 11.3 Å². The lowest BCUT2D eigenvalue weighted by Gasteiger charge is -2.14. The Morgan fingerprint density at radius 2 is 2.26 bits per heavy atom. The van der Waals surface area contributed by atoms with Crippen molar-refractivity contribution in [3.8, 4) is 0 Å². The fourth-order valence-corrected chi connectivity index (χ4v) is 3.02. The number of hydrogen-bond acceptors (Lipinski definition) is 4. The zero-order valence-corrected chi connectivity index (χ0v) is 11.3.